The topological polar surface area (TPSA) is 123 Å². The van der Waals surface area contributed by atoms with Crippen LogP contribution in [0.3, 0.4) is 0 Å². The summed E-state index contributed by atoms with van der Waals surface area (Å²) in [6, 6.07) is 13.4. The molecule has 0 aliphatic heterocycles. The number of H-pyrrole nitrogens is 1. The summed E-state index contributed by atoms with van der Waals surface area (Å²) in [7, 11) is -2.08. The van der Waals surface area contributed by atoms with Crippen LogP contribution in [0.5, 0.6) is 11.5 Å². The number of benzene rings is 2. The second-order valence-electron chi connectivity index (χ2n) is 6.17. The molecular formula is C20H17NO7S. The Kier molecular flexibility index (Phi) is 5.42. The van der Waals surface area contributed by atoms with Crippen molar-refractivity contribution in [2.45, 2.75) is 4.90 Å². The zero-order chi connectivity index (χ0) is 21.2. The number of carbonyl (C=O) groups is 2. The molecular weight excluding hydrogens is 398 g/mol. The summed E-state index contributed by atoms with van der Waals surface area (Å²) < 4.78 is 33.7. The first-order valence-electron chi connectivity index (χ1n) is 8.31. The van der Waals surface area contributed by atoms with E-state index in [0.29, 0.717) is 22.8 Å². The van der Waals surface area contributed by atoms with E-state index in [0.717, 1.165) is 6.26 Å². The Morgan fingerprint density at radius 1 is 0.966 bits per heavy atom. The monoisotopic (exact) mass is 415 g/mol. The van der Waals surface area contributed by atoms with Crippen molar-refractivity contribution >= 4 is 21.8 Å². The van der Waals surface area contributed by atoms with Crippen molar-refractivity contribution in [3.63, 3.8) is 0 Å². The number of hydrogen-bond acceptors (Lipinski definition) is 6. The van der Waals surface area contributed by atoms with Gasteiger partial charge in [0.25, 0.3) is 0 Å². The van der Waals surface area contributed by atoms with Gasteiger partial charge in [-0.05, 0) is 54.6 Å². The largest absolute Gasteiger partial charge is 0.477 e. The quantitative estimate of drug-likeness (QED) is 0.592. The van der Waals surface area contributed by atoms with Gasteiger partial charge >= 0.3 is 11.9 Å². The molecule has 0 saturated heterocycles. The maximum absolute atomic E-state index is 12.0. The second-order valence-corrected chi connectivity index (χ2v) is 8.19. The smallest absolute Gasteiger partial charge is 0.352 e. The van der Waals surface area contributed by atoms with E-state index in [9.17, 15) is 18.0 Å². The number of esters is 1. The molecule has 0 radical (unpaired) electrons. The molecule has 0 atom stereocenters. The standard InChI is InChI=1S/C20H17NO7S/c1-27-20(24)13-9-12(17-7-8-18(21-17)19(22)23)10-15(11-13)28-14-3-5-16(6-4-14)29(2,25)26/h3-11,21H,1-2H3,(H,22,23). The number of sulfone groups is 1. The summed E-state index contributed by atoms with van der Waals surface area (Å²) in [5.41, 5.74) is 1.20. The minimum Gasteiger partial charge on any atom is -0.477 e. The van der Waals surface area contributed by atoms with Gasteiger partial charge < -0.3 is 19.6 Å². The van der Waals surface area contributed by atoms with E-state index in [1.54, 1.807) is 18.2 Å². The van der Waals surface area contributed by atoms with Crippen LogP contribution in [0, 0.1) is 0 Å². The fourth-order valence-corrected chi connectivity index (χ4v) is 3.26. The van der Waals surface area contributed by atoms with Crippen molar-refractivity contribution in [2.24, 2.45) is 0 Å². The van der Waals surface area contributed by atoms with Crippen LogP contribution in [0.4, 0.5) is 0 Å². The maximum atomic E-state index is 12.0. The summed E-state index contributed by atoms with van der Waals surface area (Å²) in [6.45, 7) is 0. The lowest BCUT2D eigenvalue weighted by molar-refractivity contribution is 0.0599. The molecule has 0 amide bonds. The summed E-state index contributed by atoms with van der Waals surface area (Å²) in [5.74, 6) is -1.04. The Morgan fingerprint density at radius 2 is 1.66 bits per heavy atom. The van der Waals surface area contributed by atoms with E-state index in [-0.39, 0.29) is 16.2 Å². The van der Waals surface area contributed by atoms with Gasteiger partial charge in [0.2, 0.25) is 0 Å². The highest BCUT2D eigenvalue weighted by Crippen LogP contribution is 2.30. The average Bonchev–Trinajstić information content (AvgIpc) is 3.17. The predicted molar refractivity (Wildman–Crippen MR) is 104 cm³/mol. The number of aromatic amines is 1. The van der Waals surface area contributed by atoms with Crippen LogP contribution < -0.4 is 4.74 Å². The first kappa shape index (κ1) is 20.2. The van der Waals surface area contributed by atoms with Gasteiger partial charge in [0.15, 0.2) is 9.84 Å². The molecule has 2 aromatic carbocycles. The van der Waals surface area contributed by atoms with E-state index in [4.69, 9.17) is 14.6 Å². The Balaban J connectivity index is 1.99. The summed E-state index contributed by atoms with van der Waals surface area (Å²) in [4.78, 5) is 26.0. The van der Waals surface area contributed by atoms with E-state index in [2.05, 4.69) is 4.98 Å². The number of rotatable bonds is 6. The predicted octanol–water partition coefficient (Wildman–Crippen LogP) is 3.36. The van der Waals surface area contributed by atoms with Crippen molar-refractivity contribution in [1.82, 2.24) is 4.98 Å². The molecule has 0 spiro atoms. The number of aromatic nitrogens is 1. The Labute approximate surface area is 166 Å². The van der Waals surface area contributed by atoms with Gasteiger partial charge in [-0.25, -0.2) is 18.0 Å². The summed E-state index contributed by atoms with van der Waals surface area (Å²) in [5, 5.41) is 9.08. The Hall–Kier alpha value is -3.59. The van der Waals surface area contributed by atoms with Gasteiger partial charge in [-0.2, -0.15) is 0 Å². The fourth-order valence-electron chi connectivity index (χ4n) is 2.63. The molecule has 3 rings (SSSR count). The van der Waals surface area contributed by atoms with Gasteiger partial charge in [0.05, 0.1) is 17.6 Å². The number of carbonyl (C=O) groups excluding carboxylic acids is 1. The Morgan fingerprint density at radius 3 is 2.21 bits per heavy atom. The molecule has 3 aromatic rings. The van der Waals surface area contributed by atoms with E-state index >= 15 is 0 Å². The highest BCUT2D eigenvalue weighted by molar-refractivity contribution is 7.90. The van der Waals surface area contributed by atoms with Gasteiger partial charge in [0, 0.05) is 17.5 Å². The van der Waals surface area contributed by atoms with Crippen molar-refractivity contribution in [3.8, 4) is 22.8 Å². The number of aromatic carboxylic acids is 1. The lowest BCUT2D eigenvalue weighted by Gasteiger charge is -2.10. The highest BCUT2D eigenvalue weighted by Gasteiger charge is 2.14. The number of methoxy groups -OCH3 is 1. The molecule has 8 nitrogen and oxygen atoms in total. The third-order valence-electron chi connectivity index (χ3n) is 4.04. The Bertz CT molecular complexity index is 1180. The van der Waals surface area contributed by atoms with Crippen LogP contribution in [0.25, 0.3) is 11.3 Å². The number of hydrogen-bond donors (Lipinski definition) is 2. The molecule has 9 heteroatoms. The molecule has 0 saturated carbocycles. The molecule has 0 aliphatic rings. The lowest BCUT2D eigenvalue weighted by atomic mass is 10.1. The number of carboxylic acid groups (broad SMARTS) is 1. The van der Waals surface area contributed by atoms with Gasteiger partial charge in [-0.3, -0.25) is 0 Å². The molecule has 0 unspecified atom stereocenters. The number of carboxylic acids is 1. The van der Waals surface area contributed by atoms with Crippen molar-refractivity contribution in [3.05, 3.63) is 65.9 Å². The van der Waals surface area contributed by atoms with Crippen molar-refractivity contribution in [2.75, 3.05) is 13.4 Å². The van der Waals surface area contributed by atoms with E-state index in [1.807, 2.05) is 0 Å². The molecule has 0 aliphatic carbocycles. The molecule has 150 valence electrons. The molecule has 0 fully saturated rings. The van der Waals surface area contributed by atoms with Gasteiger partial charge in [-0.15, -0.1) is 0 Å². The first-order chi connectivity index (χ1) is 13.7. The van der Waals surface area contributed by atoms with E-state index in [1.165, 1.54) is 43.5 Å². The third-order valence-corrected chi connectivity index (χ3v) is 5.17. The second kappa shape index (κ2) is 7.80. The zero-order valence-electron chi connectivity index (χ0n) is 15.5. The van der Waals surface area contributed by atoms with Crippen LogP contribution in [-0.2, 0) is 14.6 Å². The maximum Gasteiger partial charge on any atom is 0.352 e. The zero-order valence-corrected chi connectivity index (χ0v) is 16.3. The molecule has 1 aromatic heterocycles. The van der Waals surface area contributed by atoms with Crippen molar-refractivity contribution < 1.29 is 32.6 Å². The van der Waals surface area contributed by atoms with Crippen LogP contribution >= 0.6 is 0 Å². The lowest BCUT2D eigenvalue weighted by Crippen LogP contribution is -2.02. The highest BCUT2D eigenvalue weighted by atomic mass is 32.2. The third kappa shape index (κ3) is 4.64. The molecule has 29 heavy (non-hydrogen) atoms. The minimum atomic E-state index is -3.33. The van der Waals surface area contributed by atoms with Crippen LogP contribution in [0.2, 0.25) is 0 Å². The van der Waals surface area contributed by atoms with Crippen molar-refractivity contribution in [1.29, 1.82) is 0 Å². The summed E-state index contributed by atoms with van der Waals surface area (Å²) in [6.07, 6.45) is 1.11. The molecule has 2 N–H and O–H groups in total. The minimum absolute atomic E-state index is 0.00213. The first-order valence-corrected chi connectivity index (χ1v) is 10.2. The van der Waals surface area contributed by atoms with Crippen LogP contribution in [0.1, 0.15) is 20.8 Å². The number of ether oxygens (including phenoxy) is 2. The molecule has 0 bridgehead atoms. The molecule has 1 heterocycles. The van der Waals surface area contributed by atoms with Gasteiger partial charge in [0.1, 0.15) is 17.2 Å². The number of nitrogens with one attached hydrogen (secondary N) is 1. The van der Waals surface area contributed by atoms with Gasteiger partial charge in [-0.1, -0.05) is 0 Å². The normalized spacial score (nSPS) is 11.1. The van der Waals surface area contributed by atoms with Crippen LogP contribution in [0.15, 0.2) is 59.5 Å². The SMILES string of the molecule is COC(=O)c1cc(Oc2ccc(S(C)(=O)=O)cc2)cc(-c2ccc(C(=O)O)[nH]2)c1. The fraction of sp³-hybridized carbons (Fsp3) is 0.100. The summed E-state index contributed by atoms with van der Waals surface area (Å²) >= 11 is 0. The van der Waals surface area contributed by atoms with Crippen LogP contribution in [-0.4, -0.2) is 43.8 Å². The van der Waals surface area contributed by atoms with E-state index < -0.39 is 21.8 Å². The average molecular weight is 415 g/mol.